The third-order valence-electron chi connectivity index (χ3n) is 3.99. The number of halogens is 3. The molecular weight excluding hydrogens is 387 g/mol. The zero-order valence-corrected chi connectivity index (χ0v) is 15.9. The van der Waals surface area contributed by atoms with Gasteiger partial charge in [-0.2, -0.15) is 5.10 Å². The van der Waals surface area contributed by atoms with Crippen LogP contribution in [0.5, 0.6) is 0 Å². The smallest absolute Gasteiger partial charge is 0.173 e. The van der Waals surface area contributed by atoms with Crippen molar-refractivity contribution in [2.24, 2.45) is 0 Å². The fraction of sp³-hybridized carbons (Fsp3) is 0.375. The minimum absolute atomic E-state index is 0.443. The van der Waals surface area contributed by atoms with E-state index in [0.717, 1.165) is 18.4 Å². The standard InChI is InChI=1S/C16H17Cl3N4S/c17-11-6-5-10(13(18)7-11)8-23-9-14(19)15(22-23)21-16(24)20-12-3-1-2-4-12/h5-7,9,12H,1-4,8H2,(H2,20,21,22,24). The van der Waals surface area contributed by atoms with Gasteiger partial charge in [-0.1, -0.05) is 53.7 Å². The van der Waals surface area contributed by atoms with Crippen LogP contribution in [0.1, 0.15) is 31.2 Å². The van der Waals surface area contributed by atoms with Gasteiger partial charge >= 0.3 is 0 Å². The topological polar surface area (TPSA) is 41.9 Å². The summed E-state index contributed by atoms with van der Waals surface area (Å²) in [5.41, 5.74) is 0.915. The van der Waals surface area contributed by atoms with Gasteiger partial charge in [-0.05, 0) is 42.8 Å². The van der Waals surface area contributed by atoms with Crippen molar-refractivity contribution < 1.29 is 0 Å². The molecule has 0 unspecified atom stereocenters. The van der Waals surface area contributed by atoms with Gasteiger partial charge in [-0.3, -0.25) is 4.68 Å². The minimum Gasteiger partial charge on any atom is -0.360 e. The fourth-order valence-electron chi connectivity index (χ4n) is 2.79. The van der Waals surface area contributed by atoms with Crippen LogP contribution in [0.15, 0.2) is 24.4 Å². The van der Waals surface area contributed by atoms with Crippen LogP contribution in [0, 0.1) is 0 Å². The Bertz CT molecular complexity index is 741. The molecule has 0 aliphatic heterocycles. The van der Waals surface area contributed by atoms with E-state index in [-0.39, 0.29) is 0 Å². The first kappa shape index (κ1) is 17.8. The third kappa shape index (κ3) is 4.54. The molecule has 1 aromatic heterocycles. The molecule has 2 aromatic rings. The molecule has 1 aromatic carbocycles. The molecule has 0 saturated heterocycles. The Hall–Kier alpha value is -1.01. The van der Waals surface area contributed by atoms with Gasteiger partial charge in [0.1, 0.15) is 5.02 Å². The SMILES string of the molecule is S=C(Nc1nn(Cc2ccc(Cl)cc2Cl)cc1Cl)NC1CCCC1. The Kier molecular flexibility index (Phi) is 5.87. The highest BCUT2D eigenvalue weighted by molar-refractivity contribution is 7.80. The lowest BCUT2D eigenvalue weighted by Gasteiger charge is -2.14. The van der Waals surface area contributed by atoms with Crippen molar-refractivity contribution in [3.05, 3.63) is 45.0 Å². The second-order valence-electron chi connectivity index (χ2n) is 5.84. The molecule has 3 rings (SSSR count). The number of nitrogens with one attached hydrogen (secondary N) is 2. The number of benzene rings is 1. The van der Waals surface area contributed by atoms with Crippen LogP contribution < -0.4 is 10.6 Å². The first-order valence-electron chi connectivity index (χ1n) is 7.75. The van der Waals surface area contributed by atoms with E-state index >= 15 is 0 Å². The summed E-state index contributed by atoms with van der Waals surface area (Å²) in [5.74, 6) is 0.539. The molecule has 0 radical (unpaired) electrons. The lowest BCUT2D eigenvalue weighted by molar-refractivity contribution is 0.634. The third-order valence-corrected chi connectivity index (χ3v) is 5.07. The molecule has 1 aliphatic carbocycles. The van der Waals surface area contributed by atoms with Crippen molar-refractivity contribution in [3.63, 3.8) is 0 Å². The minimum atomic E-state index is 0.443. The van der Waals surface area contributed by atoms with Gasteiger partial charge in [-0.15, -0.1) is 0 Å². The van der Waals surface area contributed by atoms with Gasteiger partial charge in [0.2, 0.25) is 0 Å². The monoisotopic (exact) mass is 402 g/mol. The van der Waals surface area contributed by atoms with Gasteiger partial charge in [0.15, 0.2) is 10.9 Å². The lowest BCUT2D eigenvalue weighted by atomic mass is 10.2. The molecule has 24 heavy (non-hydrogen) atoms. The number of thiocarbonyl (C=S) groups is 1. The van der Waals surface area contributed by atoms with E-state index in [1.165, 1.54) is 12.8 Å². The lowest BCUT2D eigenvalue weighted by Crippen LogP contribution is -2.36. The van der Waals surface area contributed by atoms with Crippen molar-refractivity contribution >= 4 is 58.0 Å². The molecule has 0 amide bonds. The van der Waals surface area contributed by atoms with E-state index < -0.39 is 0 Å². The molecule has 1 aliphatic rings. The van der Waals surface area contributed by atoms with E-state index in [1.807, 2.05) is 6.07 Å². The summed E-state index contributed by atoms with van der Waals surface area (Å²) in [7, 11) is 0. The Morgan fingerprint density at radius 2 is 1.96 bits per heavy atom. The van der Waals surface area contributed by atoms with E-state index in [9.17, 15) is 0 Å². The second-order valence-corrected chi connectivity index (χ2v) is 7.50. The van der Waals surface area contributed by atoms with Crippen LogP contribution in [0.3, 0.4) is 0 Å². The van der Waals surface area contributed by atoms with Gasteiger partial charge in [0, 0.05) is 22.3 Å². The summed E-state index contributed by atoms with van der Waals surface area (Å²) in [5, 5.41) is 13.1. The van der Waals surface area contributed by atoms with E-state index in [1.54, 1.807) is 23.0 Å². The summed E-state index contributed by atoms with van der Waals surface area (Å²) >= 11 is 23.7. The molecule has 0 spiro atoms. The molecule has 2 N–H and O–H groups in total. The Balaban J connectivity index is 1.64. The first-order valence-corrected chi connectivity index (χ1v) is 9.30. The summed E-state index contributed by atoms with van der Waals surface area (Å²) < 4.78 is 1.72. The van der Waals surface area contributed by atoms with Gasteiger partial charge in [0.05, 0.1) is 6.54 Å². The summed E-state index contributed by atoms with van der Waals surface area (Å²) in [6.07, 6.45) is 6.54. The fourth-order valence-corrected chi connectivity index (χ4v) is 3.72. The largest absolute Gasteiger partial charge is 0.360 e. The molecular formula is C16H17Cl3N4S. The van der Waals surface area contributed by atoms with Gasteiger partial charge in [0.25, 0.3) is 0 Å². The van der Waals surface area contributed by atoms with Crippen molar-refractivity contribution in [1.29, 1.82) is 0 Å². The van der Waals surface area contributed by atoms with Crippen molar-refractivity contribution in [3.8, 4) is 0 Å². The molecule has 0 atom stereocenters. The normalized spacial score (nSPS) is 14.8. The average Bonchev–Trinajstić information content (AvgIpc) is 3.13. The first-order chi connectivity index (χ1) is 11.5. The molecule has 0 bridgehead atoms. The zero-order valence-electron chi connectivity index (χ0n) is 12.9. The summed E-state index contributed by atoms with van der Waals surface area (Å²) in [4.78, 5) is 0. The number of hydrogen-bond acceptors (Lipinski definition) is 2. The summed E-state index contributed by atoms with van der Waals surface area (Å²) in [6, 6.07) is 5.83. The predicted octanol–water partition coefficient (Wildman–Crippen LogP) is 5.12. The average molecular weight is 404 g/mol. The molecule has 128 valence electrons. The maximum absolute atomic E-state index is 6.25. The maximum Gasteiger partial charge on any atom is 0.173 e. The number of aromatic nitrogens is 2. The highest BCUT2D eigenvalue weighted by Gasteiger charge is 2.17. The highest BCUT2D eigenvalue weighted by Crippen LogP contribution is 2.24. The predicted molar refractivity (Wildman–Crippen MR) is 104 cm³/mol. The number of hydrogen-bond donors (Lipinski definition) is 2. The van der Waals surface area contributed by atoms with Crippen LogP contribution in [-0.4, -0.2) is 20.9 Å². The van der Waals surface area contributed by atoms with Crippen molar-refractivity contribution in [2.75, 3.05) is 5.32 Å². The van der Waals surface area contributed by atoms with Crippen LogP contribution >= 0.6 is 47.0 Å². The molecule has 8 heteroatoms. The maximum atomic E-state index is 6.25. The Morgan fingerprint density at radius 1 is 1.21 bits per heavy atom. The van der Waals surface area contributed by atoms with Gasteiger partial charge < -0.3 is 10.6 Å². The van der Waals surface area contributed by atoms with Crippen LogP contribution in [0.4, 0.5) is 5.82 Å². The number of rotatable bonds is 4. The number of nitrogens with zero attached hydrogens (tertiary/aromatic N) is 2. The molecule has 1 heterocycles. The van der Waals surface area contributed by atoms with E-state index in [0.29, 0.717) is 38.6 Å². The van der Waals surface area contributed by atoms with E-state index in [2.05, 4.69) is 15.7 Å². The van der Waals surface area contributed by atoms with Crippen molar-refractivity contribution in [1.82, 2.24) is 15.1 Å². The zero-order chi connectivity index (χ0) is 17.1. The van der Waals surface area contributed by atoms with Crippen LogP contribution in [-0.2, 0) is 6.54 Å². The highest BCUT2D eigenvalue weighted by atomic mass is 35.5. The summed E-state index contributed by atoms with van der Waals surface area (Å²) in [6.45, 7) is 0.500. The van der Waals surface area contributed by atoms with Crippen LogP contribution in [0.25, 0.3) is 0 Å². The quantitative estimate of drug-likeness (QED) is 0.695. The van der Waals surface area contributed by atoms with Gasteiger partial charge in [-0.25, -0.2) is 0 Å². The second kappa shape index (κ2) is 7.91. The van der Waals surface area contributed by atoms with Crippen molar-refractivity contribution in [2.45, 2.75) is 38.3 Å². The van der Waals surface area contributed by atoms with Crippen LogP contribution in [0.2, 0.25) is 15.1 Å². The number of anilines is 1. The molecule has 1 saturated carbocycles. The van der Waals surface area contributed by atoms with E-state index in [4.69, 9.17) is 47.0 Å². The Morgan fingerprint density at radius 3 is 2.67 bits per heavy atom. The molecule has 4 nitrogen and oxygen atoms in total. The Labute approximate surface area is 161 Å². The molecule has 1 fully saturated rings.